The summed E-state index contributed by atoms with van der Waals surface area (Å²) in [6.45, 7) is 7.21. The number of thioether (sulfide) groups is 1. The molecule has 0 fully saturated rings. The van der Waals surface area contributed by atoms with Crippen LogP contribution in [-0.2, 0) is 24.6 Å². The lowest BCUT2D eigenvalue weighted by Crippen LogP contribution is -2.41. The van der Waals surface area contributed by atoms with E-state index >= 15 is 0 Å². The van der Waals surface area contributed by atoms with Crippen molar-refractivity contribution in [1.29, 1.82) is 0 Å². The van der Waals surface area contributed by atoms with Crippen LogP contribution in [0.15, 0.2) is 23.1 Å². The molecule has 3 rings (SSSR count). The minimum Gasteiger partial charge on any atom is -0.507 e. The van der Waals surface area contributed by atoms with Gasteiger partial charge < -0.3 is 25.6 Å². The normalized spacial score (nSPS) is 20.3. The molecule has 2 aliphatic rings. The smallest absolute Gasteiger partial charge is 0.217 e. The number of allylic oxidation sites excluding steroid dienone is 4. The maximum Gasteiger partial charge on any atom is 0.217 e. The van der Waals surface area contributed by atoms with Crippen LogP contribution in [0.2, 0.25) is 0 Å². The summed E-state index contributed by atoms with van der Waals surface area (Å²) in [5, 5.41) is 26.5. The molecule has 0 radical (unpaired) electrons. The van der Waals surface area contributed by atoms with Gasteiger partial charge in [-0.3, -0.25) is 24.0 Å². The lowest BCUT2D eigenvalue weighted by Gasteiger charge is -2.29. The van der Waals surface area contributed by atoms with Crippen LogP contribution in [0.25, 0.3) is 0 Å². The highest BCUT2D eigenvalue weighted by Gasteiger charge is 2.56. The molecule has 0 bridgehead atoms. The SMILES string of the molecule is CC(=O)NC(CS)C(=O)SCCN/C(C)=C1\C(=O)C=C2Oc3c(C(C)=O)c(O)c(C)c(O)c3C2(C)C1=O. The van der Waals surface area contributed by atoms with Gasteiger partial charge in [0.05, 0.1) is 11.1 Å². The first kappa shape index (κ1) is 28.3. The highest BCUT2D eigenvalue weighted by molar-refractivity contribution is 8.13. The van der Waals surface area contributed by atoms with Crippen LogP contribution in [-0.4, -0.2) is 62.7 Å². The molecule has 1 aliphatic carbocycles. The molecule has 1 aromatic carbocycles. The number of hydrogen-bond donors (Lipinski definition) is 5. The summed E-state index contributed by atoms with van der Waals surface area (Å²) in [6.07, 6.45) is 1.14. The molecule has 12 heteroatoms. The van der Waals surface area contributed by atoms with E-state index in [1.54, 1.807) is 6.92 Å². The molecule has 0 saturated heterocycles. The Morgan fingerprint density at radius 1 is 1.16 bits per heavy atom. The van der Waals surface area contributed by atoms with Crippen LogP contribution < -0.4 is 15.4 Å². The number of phenols is 2. The number of phenolic OH excluding ortho intramolecular Hbond substituents is 2. The molecule has 1 heterocycles. The second-order valence-electron chi connectivity index (χ2n) is 8.92. The molecule has 2 unspecified atom stereocenters. The molecule has 2 atom stereocenters. The number of aromatic hydroxyl groups is 2. The zero-order valence-corrected chi connectivity index (χ0v) is 22.7. The highest BCUT2D eigenvalue weighted by atomic mass is 32.2. The van der Waals surface area contributed by atoms with Crippen molar-refractivity contribution in [2.75, 3.05) is 18.1 Å². The minimum absolute atomic E-state index is 0.0129. The third kappa shape index (κ3) is 4.87. The Morgan fingerprint density at radius 3 is 2.38 bits per heavy atom. The Kier molecular flexibility index (Phi) is 8.13. The number of nitrogens with one attached hydrogen (secondary N) is 2. The number of ketones is 3. The third-order valence-corrected chi connectivity index (χ3v) is 7.68. The number of amides is 1. The number of ether oxygens (including phenoxy) is 1. The quantitative estimate of drug-likeness (QED) is 0.107. The van der Waals surface area contributed by atoms with Crippen LogP contribution in [0.4, 0.5) is 0 Å². The first-order valence-electron chi connectivity index (χ1n) is 11.4. The minimum atomic E-state index is -1.60. The van der Waals surface area contributed by atoms with Crippen LogP contribution in [0, 0.1) is 6.92 Å². The molecular formula is C25H28N2O8S2. The van der Waals surface area contributed by atoms with E-state index in [-0.39, 0.29) is 62.8 Å². The molecule has 0 aromatic heterocycles. The van der Waals surface area contributed by atoms with Gasteiger partial charge in [-0.2, -0.15) is 12.6 Å². The summed E-state index contributed by atoms with van der Waals surface area (Å²) in [5.74, 6) is -2.74. The van der Waals surface area contributed by atoms with Crippen LogP contribution in [0.5, 0.6) is 17.2 Å². The number of Topliss-reactive ketones (excluding diaryl/α,β-unsaturated/α-hetero) is 2. The first-order chi connectivity index (χ1) is 17.3. The Bertz CT molecular complexity index is 1300. The molecule has 0 spiro atoms. The van der Waals surface area contributed by atoms with E-state index < -0.39 is 40.3 Å². The van der Waals surface area contributed by atoms with Crippen molar-refractivity contribution in [3.8, 4) is 17.2 Å². The topological polar surface area (TPSA) is 159 Å². The maximum atomic E-state index is 13.7. The van der Waals surface area contributed by atoms with Gasteiger partial charge in [0, 0.05) is 42.3 Å². The predicted molar refractivity (Wildman–Crippen MR) is 140 cm³/mol. The van der Waals surface area contributed by atoms with Crippen molar-refractivity contribution in [2.24, 2.45) is 0 Å². The number of carbonyl (C=O) groups is 5. The second-order valence-corrected chi connectivity index (χ2v) is 10.4. The lowest BCUT2D eigenvalue weighted by molar-refractivity contribution is -0.124. The van der Waals surface area contributed by atoms with Crippen molar-refractivity contribution < 1.29 is 38.9 Å². The summed E-state index contributed by atoms with van der Waals surface area (Å²) in [4.78, 5) is 62.4. The first-order valence-corrected chi connectivity index (χ1v) is 13.0. The van der Waals surface area contributed by atoms with Gasteiger partial charge in [0.25, 0.3) is 0 Å². The highest BCUT2D eigenvalue weighted by Crippen LogP contribution is 2.57. The Labute approximate surface area is 223 Å². The van der Waals surface area contributed by atoms with E-state index in [1.165, 1.54) is 27.7 Å². The number of rotatable bonds is 8. The second kappa shape index (κ2) is 10.6. The van der Waals surface area contributed by atoms with E-state index in [0.29, 0.717) is 5.75 Å². The lowest BCUT2D eigenvalue weighted by atomic mass is 9.70. The Balaban J connectivity index is 1.88. The van der Waals surface area contributed by atoms with Crippen molar-refractivity contribution in [1.82, 2.24) is 10.6 Å². The molecule has 0 saturated carbocycles. The fourth-order valence-corrected chi connectivity index (χ4v) is 5.50. The summed E-state index contributed by atoms with van der Waals surface area (Å²) in [7, 11) is 0. The summed E-state index contributed by atoms with van der Waals surface area (Å²) in [5.41, 5.74) is -1.64. The standard InChI is InChI=1S/C25H28N2O8S2/c1-10-20(31)18(12(3)28)22-19(21(10)32)25(5)16(35-22)8-15(30)17(23(25)33)11(2)26-6-7-37-24(34)14(9-36)27-13(4)29/h8,14,26,31-32,36H,6-7,9H2,1-5H3,(H,27,29)/b17-11+. The summed E-state index contributed by atoms with van der Waals surface area (Å²) >= 11 is 5.06. The molecule has 1 amide bonds. The van der Waals surface area contributed by atoms with Gasteiger partial charge >= 0.3 is 0 Å². The average molecular weight is 549 g/mol. The van der Waals surface area contributed by atoms with E-state index in [0.717, 1.165) is 17.8 Å². The van der Waals surface area contributed by atoms with Gasteiger partial charge in [-0.1, -0.05) is 11.8 Å². The van der Waals surface area contributed by atoms with Crippen molar-refractivity contribution >= 4 is 52.8 Å². The molecule has 10 nitrogen and oxygen atoms in total. The van der Waals surface area contributed by atoms with Gasteiger partial charge in [-0.25, -0.2) is 0 Å². The number of thiol groups is 1. The van der Waals surface area contributed by atoms with Crippen LogP contribution in [0.1, 0.15) is 49.2 Å². The number of hydrogen-bond acceptors (Lipinski definition) is 11. The summed E-state index contributed by atoms with van der Waals surface area (Å²) < 4.78 is 5.74. The van der Waals surface area contributed by atoms with Crippen molar-refractivity contribution in [3.05, 3.63) is 39.8 Å². The van der Waals surface area contributed by atoms with Gasteiger partial charge in [-0.15, -0.1) is 0 Å². The van der Waals surface area contributed by atoms with Crippen LogP contribution in [0.3, 0.4) is 0 Å². The number of fused-ring (bicyclic) bond motifs is 3. The molecule has 198 valence electrons. The molecule has 1 aliphatic heterocycles. The molecule has 37 heavy (non-hydrogen) atoms. The number of benzene rings is 1. The van der Waals surface area contributed by atoms with Gasteiger partial charge in [0.15, 0.2) is 17.3 Å². The van der Waals surface area contributed by atoms with E-state index in [2.05, 4.69) is 23.3 Å². The largest absolute Gasteiger partial charge is 0.507 e. The van der Waals surface area contributed by atoms with E-state index in [4.69, 9.17) is 4.74 Å². The zero-order valence-electron chi connectivity index (χ0n) is 21.0. The fourth-order valence-electron chi connectivity index (χ4n) is 4.37. The van der Waals surface area contributed by atoms with Crippen molar-refractivity contribution in [2.45, 2.75) is 46.1 Å². The van der Waals surface area contributed by atoms with E-state index in [1.807, 2.05) is 0 Å². The van der Waals surface area contributed by atoms with Gasteiger partial charge in [0.1, 0.15) is 40.0 Å². The van der Waals surface area contributed by atoms with Crippen LogP contribution >= 0.6 is 24.4 Å². The van der Waals surface area contributed by atoms with Crippen molar-refractivity contribution in [3.63, 3.8) is 0 Å². The maximum absolute atomic E-state index is 13.7. The average Bonchev–Trinajstić information content (AvgIpc) is 3.11. The Hall–Kier alpha value is -3.25. The van der Waals surface area contributed by atoms with Gasteiger partial charge in [0.2, 0.25) is 11.0 Å². The molecular weight excluding hydrogens is 520 g/mol. The zero-order chi connectivity index (χ0) is 27.8. The molecule has 1 aromatic rings. The number of carbonyl (C=O) groups excluding carboxylic acids is 5. The third-order valence-electron chi connectivity index (χ3n) is 6.34. The monoisotopic (exact) mass is 548 g/mol. The fraction of sp³-hybridized carbons (Fsp3) is 0.400. The Morgan fingerprint density at radius 2 is 1.81 bits per heavy atom. The van der Waals surface area contributed by atoms with Gasteiger partial charge in [-0.05, 0) is 27.7 Å². The van der Waals surface area contributed by atoms with E-state index in [9.17, 15) is 34.2 Å². The predicted octanol–water partition coefficient (Wildman–Crippen LogP) is 1.85. The molecule has 4 N–H and O–H groups in total. The summed E-state index contributed by atoms with van der Waals surface area (Å²) in [6, 6.07) is -0.729.